The summed E-state index contributed by atoms with van der Waals surface area (Å²) in [6.45, 7) is 1.73. The Hall–Kier alpha value is -2.81. The lowest BCUT2D eigenvalue weighted by Crippen LogP contribution is -2.19. The molecule has 1 aliphatic rings. The van der Waals surface area contributed by atoms with Crippen LogP contribution in [0, 0.1) is 0 Å². The largest absolute Gasteiger partial charge is 0.497 e. The second-order valence-corrected chi connectivity index (χ2v) is 5.58. The Balaban J connectivity index is 1.76. The van der Waals surface area contributed by atoms with E-state index in [-0.39, 0.29) is 0 Å². The van der Waals surface area contributed by atoms with Crippen molar-refractivity contribution in [2.24, 2.45) is 4.99 Å². The number of hydrogen-bond donors (Lipinski definition) is 0. The first-order chi connectivity index (χ1) is 11.4. The first-order valence-electron chi connectivity index (χ1n) is 7.81. The highest BCUT2D eigenvalue weighted by Crippen LogP contribution is 2.27. The van der Waals surface area contributed by atoms with E-state index < -0.39 is 0 Å². The van der Waals surface area contributed by atoms with E-state index in [0.29, 0.717) is 0 Å². The van der Waals surface area contributed by atoms with Gasteiger partial charge in [-0.2, -0.15) is 0 Å². The first-order valence-corrected chi connectivity index (χ1v) is 7.81. The molecule has 0 aliphatic carbocycles. The SMILES string of the molecule is COc1ccc(-c2ccc3n2CCN=C3c2ccccc2)cc1. The molecule has 0 atom stereocenters. The maximum atomic E-state index is 5.25. The van der Waals surface area contributed by atoms with Crippen LogP contribution in [0.1, 0.15) is 11.3 Å². The third kappa shape index (κ3) is 2.44. The minimum Gasteiger partial charge on any atom is -0.497 e. The van der Waals surface area contributed by atoms with Crippen molar-refractivity contribution in [2.75, 3.05) is 13.7 Å². The van der Waals surface area contributed by atoms with Gasteiger partial charge in [-0.15, -0.1) is 0 Å². The molecule has 1 aromatic heterocycles. The number of hydrogen-bond acceptors (Lipinski definition) is 2. The standard InChI is InChI=1S/C20H18N2O/c1-23-17-9-7-15(8-10-17)18-11-12-19-20(21-13-14-22(18)19)16-5-3-2-4-6-16/h2-12H,13-14H2,1H3. The van der Waals surface area contributed by atoms with E-state index in [0.717, 1.165) is 24.6 Å². The van der Waals surface area contributed by atoms with Crippen LogP contribution in [0.2, 0.25) is 0 Å². The van der Waals surface area contributed by atoms with Crippen LogP contribution in [0.3, 0.4) is 0 Å². The smallest absolute Gasteiger partial charge is 0.118 e. The molecule has 23 heavy (non-hydrogen) atoms. The Morgan fingerprint density at radius 2 is 1.57 bits per heavy atom. The van der Waals surface area contributed by atoms with E-state index in [2.05, 4.69) is 53.1 Å². The minimum atomic E-state index is 0.815. The van der Waals surface area contributed by atoms with Crippen LogP contribution in [0.15, 0.2) is 71.7 Å². The van der Waals surface area contributed by atoms with Crippen molar-refractivity contribution < 1.29 is 4.74 Å². The second kappa shape index (κ2) is 5.76. The molecule has 0 radical (unpaired) electrons. The minimum absolute atomic E-state index is 0.815. The third-order valence-corrected chi connectivity index (χ3v) is 4.25. The topological polar surface area (TPSA) is 26.5 Å². The molecule has 2 aromatic carbocycles. The molecule has 0 N–H and O–H groups in total. The fourth-order valence-electron chi connectivity index (χ4n) is 3.11. The van der Waals surface area contributed by atoms with Crippen LogP contribution >= 0.6 is 0 Å². The summed E-state index contributed by atoms with van der Waals surface area (Å²) in [5.74, 6) is 0.880. The van der Waals surface area contributed by atoms with Gasteiger partial charge < -0.3 is 9.30 Å². The highest BCUT2D eigenvalue weighted by Gasteiger charge is 2.18. The lowest BCUT2D eigenvalue weighted by molar-refractivity contribution is 0.415. The molecule has 0 saturated carbocycles. The predicted molar refractivity (Wildman–Crippen MR) is 93.4 cm³/mol. The summed E-state index contributed by atoms with van der Waals surface area (Å²) in [4.78, 5) is 4.75. The van der Waals surface area contributed by atoms with Crippen LogP contribution < -0.4 is 4.74 Å². The van der Waals surface area contributed by atoms with E-state index in [1.54, 1.807) is 7.11 Å². The number of fused-ring (bicyclic) bond motifs is 1. The van der Waals surface area contributed by atoms with Crippen molar-refractivity contribution in [1.82, 2.24) is 4.57 Å². The number of nitrogens with zero attached hydrogens (tertiary/aromatic N) is 2. The van der Waals surface area contributed by atoms with Crippen molar-refractivity contribution in [3.05, 3.63) is 78.0 Å². The summed E-state index contributed by atoms with van der Waals surface area (Å²) < 4.78 is 7.61. The molecule has 0 spiro atoms. The van der Waals surface area contributed by atoms with Gasteiger partial charge in [0.15, 0.2) is 0 Å². The first kappa shape index (κ1) is 13.8. The van der Waals surface area contributed by atoms with Gasteiger partial charge in [0, 0.05) is 17.8 Å². The van der Waals surface area contributed by atoms with E-state index in [1.807, 2.05) is 18.2 Å². The van der Waals surface area contributed by atoms with Gasteiger partial charge in [0.2, 0.25) is 0 Å². The molecule has 4 rings (SSSR count). The van der Waals surface area contributed by atoms with E-state index in [4.69, 9.17) is 9.73 Å². The maximum absolute atomic E-state index is 5.25. The van der Waals surface area contributed by atoms with Crippen LogP contribution in [0.4, 0.5) is 0 Å². The summed E-state index contributed by atoms with van der Waals surface area (Å²) in [7, 11) is 1.69. The van der Waals surface area contributed by atoms with Crippen LogP contribution in [0.25, 0.3) is 11.3 Å². The van der Waals surface area contributed by atoms with Crippen molar-refractivity contribution >= 4 is 5.71 Å². The number of aliphatic imine (C=N–C) groups is 1. The van der Waals surface area contributed by atoms with E-state index >= 15 is 0 Å². The zero-order chi connectivity index (χ0) is 15.6. The van der Waals surface area contributed by atoms with Gasteiger partial charge in [-0.1, -0.05) is 30.3 Å². The summed E-state index contributed by atoms with van der Waals surface area (Å²) >= 11 is 0. The van der Waals surface area contributed by atoms with Gasteiger partial charge in [0.25, 0.3) is 0 Å². The molecule has 0 unspecified atom stereocenters. The lowest BCUT2D eigenvalue weighted by atomic mass is 10.1. The fourth-order valence-corrected chi connectivity index (χ4v) is 3.11. The Morgan fingerprint density at radius 1 is 0.826 bits per heavy atom. The lowest BCUT2D eigenvalue weighted by Gasteiger charge is -2.19. The zero-order valence-corrected chi connectivity index (χ0v) is 13.1. The fraction of sp³-hybridized carbons (Fsp3) is 0.150. The summed E-state index contributed by atoms with van der Waals surface area (Å²) in [5.41, 5.74) is 5.87. The summed E-state index contributed by atoms with van der Waals surface area (Å²) in [6, 6.07) is 23.0. The van der Waals surface area contributed by atoms with Gasteiger partial charge >= 0.3 is 0 Å². The highest BCUT2D eigenvalue weighted by molar-refractivity contribution is 6.12. The molecule has 0 fully saturated rings. The normalized spacial score (nSPS) is 13.3. The Labute approximate surface area is 135 Å². The van der Waals surface area contributed by atoms with Crippen molar-refractivity contribution in [2.45, 2.75) is 6.54 Å². The second-order valence-electron chi connectivity index (χ2n) is 5.58. The Morgan fingerprint density at radius 3 is 2.30 bits per heavy atom. The van der Waals surface area contributed by atoms with Crippen LogP contribution in [-0.2, 0) is 6.54 Å². The molecule has 3 heteroatoms. The molecule has 114 valence electrons. The van der Waals surface area contributed by atoms with Gasteiger partial charge in [0.1, 0.15) is 5.75 Å². The third-order valence-electron chi connectivity index (χ3n) is 4.25. The highest BCUT2D eigenvalue weighted by atomic mass is 16.5. The molecule has 2 heterocycles. The van der Waals surface area contributed by atoms with Crippen LogP contribution in [0.5, 0.6) is 5.75 Å². The molecule has 1 aliphatic heterocycles. The van der Waals surface area contributed by atoms with Gasteiger partial charge in [-0.3, -0.25) is 4.99 Å². The average Bonchev–Trinajstić information content (AvgIpc) is 3.06. The van der Waals surface area contributed by atoms with Crippen molar-refractivity contribution in [3.63, 3.8) is 0 Å². The number of benzene rings is 2. The molecule has 0 amide bonds. The van der Waals surface area contributed by atoms with Crippen LogP contribution in [-0.4, -0.2) is 23.9 Å². The summed E-state index contributed by atoms with van der Waals surface area (Å²) in [6.07, 6.45) is 0. The molecular weight excluding hydrogens is 284 g/mol. The maximum Gasteiger partial charge on any atom is 0.118 e. The predicted octanol–water partition coefficient (Wildman–Crippen LogP) is 4.01. The van der Waals surface area contributed by atoms with Gasteiger partial charge in [0.05, 0.1) is 25.1 Å². The van der Waals surface area contributed by atoms with Crippen molar-refractivity contribution in [3.8, 4) is 17.0 Å². The number of ether oxygens (including phenoxy) is 1. The molecule has 0 saturated heterocycles. The number of aromatic nitrogens is 1. The summed E-state index contributed by atoms with van der Waals surface area (Å²) in [5, 5.41) is 0. The van der Waals surface area contributed by atoms with E-state index in [9.17, 15) is 0 Å². The average molecular weight is 302 g/mol. The van der Waals surface area contributed by atoms with Crippen molar-refractivity contribution in [1.29, 1.82) is 0 Å². The molecule has 3 nitrogen and oxygen atoms in total. The Kier molecular flexibility index (Phi) is 3.46. The quantitative estimate of drug-likeness (QED) is 0.718. The Bertz CT molecular complexity index is 845. The number of rotatable bonds is 3. The molecular formula is C20H18N2O. The monoisotopic (exact) mass is 302 g/mol. The zero-order valence-electron chi connectivity index (χ0n) is 13.1. The molecule has 0 bridgehead atoms. The molecule has 3 aromatic rings. The number of methoxy groups -OCH3 is 1. The van der Waals surface area contributed by atoms with E-state index in [1.165, 1.54) is 22.5 Å². The van der Waals surface area contributed by atoms with Gasteiger partial charge in [-0.25, -0.2) is 0 Å². The van der Waals surface area contributed by atoms with Gasteiger partial charge in [-0.05, 0) is 42.0 Å².